The van der Waals surface area contributed by atoms with E-state index in [0.29, 0.717) is 29.9 Å². The molecule has 0 aliphatic heterocycles. The number of ether oxygens (including phenoxy) is 2. The topological polar surface area (TPSA) is 59.6 Å². The first-order valence-corrected chi connectivity index (χ1v) is 11.2. The van der Waals surface area contributed by atoms with Crippen LogP contribution in [-0.2, 0) is 17.8 Å². The summed E-state index contributed by atoms with van der Waals surface area (Å²) >= 11 is 5.31. The van der Waals surface area contributed by atoms with Gasteiger partial charge >= 0.3 is 0 Å². The quantitative estimate of drug-likeness (QED) is 0.509. The summed E-state index contributed by atoms with van der Waals surface area (Å²) < 4.78 is 11.1. The third-order valence-corrected chi connectivity index (χ3v) is 5.14. The highest BCUT2D eigenvalue weighted by Crippen LogP contribution is 2.28. The average molecular weight is 443 g/mol. The number of methoxy groups -OCH3 is 1. The van der Waals surface area contributed by atoms with E-state index in [1.165, 1.54) is 5.56 Å². The number of thiocarbonyl (C=S) groups is 1. The van der Waals surface area contributed by atoms with Crippen LogP contribution in [0.5, 0.6) is 11.5 Å². The van der Waals surface area contributed by atoms with E-state index in [2.05, 4.69) is 43.5 Å². The molecule has 2 N–H and O–H groups in total. The monoisotopic (exact) mass is 442 g/mol. The fourth-order valence-electron chi connectivity index (χ4n) is 3.17. The van der Waals surface area contributed by atoms with Crippen LogP contribution in [0.3, 0.4) is 0 Å². The second-order valence-electron chi connectivity index (χ2n) is 8.07. The summed E-state index contributed by atoms with van der Waals surface area (Å²) in [6.45, 7) is 9.45. The van der Waals surface area contributed by atoms with Crippen molar-refractivity contribution in [1.82, 2.24) is 10.6 Å². The molecular weight excluding hydrogens is 408 g/mol. The molecule has 0 aliphatic carbocycles. The first-order valence-electron chi connectivity index (χ1n) is 10.8. The lowest BCUT2D eigenvalue weighted by atomic mass is 9.96. The summed E-state index contributed by atoms with van der Waals surface area (Å²) in [6.07, 6.45) is 1.96. The Morgan fingerprint density at radius 3 is 2.32 bits per heavy atom. The second kappa shape index (κ2) is 12.3. The normalized spacial score (nSPS) is 11.7. The summed E-state index contributed by atoms with van der Waals surface area (Å²) in [4.78, 5) is 12.6. The molecule has 2 aromatic carbocycles. The molecule has 0 radical (unpaired) electrons. The standard InChI is InChI=1S/C25H34N2O3S/c1-6-13-30-22-12-9-20(15-23(22)29-5)16-26-25(31)27-24(28)18(4)21-10-7-19(8-11-21)14-17(2)3/h7-12,15,17-18H,6,13-14,16H2,1-5H3,(H2,26,27,28,31). The minimum Gasteiger partial charge on any atom is -0.493 e. The van der Waals surface area contributed by atoms with Gasteiger partial charge in [0.15, 0.2) is 16.6 Å². The maximum Gasteiger partial charge on any atom is 0.233 e. The van der Waals surface area contributed by atoms with Crippen LogP contribution < -0.4 is 20.1 Å². The number of benzene rings is 2. The van der Waals surface area contributed by atoms with Crippen LogP contribution in [0, 0.1) is 5.92 Å². The molecule has 1 unspecified atom stereocenters. The van der Waals surface area contributed by atoms with Crippen LogP contribution in [0.4, 0.5) is 0 Å². The van der Waals surface area contributed by atoms with E-state index in [0.717, 1.165) is 29.7 Å². The zero-order valence-corrected chi connectivity index (χ0v) is 20.0. The Balaban J connectivity index is 1.88. The highest BCUT2D eigenvalue weighted by molar-refractivity contribution is 7.80. The maximum absolute atomic E-state index is 12.6. The van der Waals surface area contributed by atoms with Crippen LogP contribution in [0.1, 0.15) is 56.7 Å². The number of amides is 1. The number of hydrogen-bond donors (Lipinski definition) is 2. The van der Waals surface area contributed by atoms with Gasteiger partial charge in [0.25, 0.3) is 0 Å². The van der Waals surface area contributed by atoms with E-state index in [4.69, 9.17) is 21.7 Å². The van der Waals surface area contributed by atoms with Crippen molar-refractivity contribution in [1.29, 1.82) is 0 Å². The Hall–Kier alpha value is -2.60. The lowest BCUT2D eigenvalue weighted by Gasteiger charge is -2.16. The summed E-state index contributed by atoms with van der Waals surface area (Å²) in [5.74, 6) is 1.59. The van der Waals surface area contributed by atoms with Crippen LogP contribution in [0.15, 0.2) is 42.5 Å². The minimum atomic E-state index is -0.289. The van der Waals surface area contributed by atoms with Gasteiger partial charge in [0.2, 0.25) is 5.91 Å². The summed E-state index contributed by atoms with van der Waals surface area (Å²) in [7, 11) is 1.62. The van der Waals surface area contributed by atoms with Gasteiger partial charge < -0.3 is 20.1 Å². The highest BCUT2D eigenvalue weighted by Gasteiger charge is 2.16. The van der Waals surface area contributed by atoms with Gasteiger partial charge in [-0.3, -0.25) is 4.79 Å². The van der Waals surface area contributed by atoms with Gasteiger partial charge in [-0.25, -0.2) is 0 Å². The first-order chi connectivity index (χ1) is 14.8. The van der Waals surface area contributed by atoms with Crippen LogP contribution >= 0.6 is 12.2 Å². The van der Waals surface area contributed by atoms with Gasteiger partial charge in [-0.1, -0.05) is 51.1 Å². The van der Waals surface area contributed by atoms with Crippen molar-refractivity contribution in [2.24, 2.45) is 5.92 Å². The van der Waals surface area contributed by atoms with Gasteiger partial charge in [-0.05, 0) is 66.7 Å². The molecule has 0 fully saturated rings. The van der Waals surface area contributed by atoms with Crippen LogP contribution in [0.2, 0.25) is 0 Å². The highest BCUT2D eigenvalue weighted by atomic mass is 32.1. The number of rotatable bonds is 10. The van der Waals surface area contributed by atoms with Gasteiger partial charge in [0.1, 0.15) is 0 Å². The molecule has 2 rings (SSSR count). The smallest absolute Gasteiger partial charge is 0.233 e. The third-order valence-electron chi connectivity index (χ3n) is 4.90. The molecule has 31 heavy (non-hydrogen) atoms. The largest absolute Gasteiger partial charge is 0.493 e. The Bertz CT molecular complexity index is 866. The molecule has 168 valence electrons. The number of hydrogen-bond acceptors (Lipinski definition) is 4. The molecule has 5 nitrogen and oxygen atoms in total. The van der Waals surface area contributed by atoms with Crippen LogP contribution in [0.25, 0.3) is 0 Å². The molecule has 2 aromatic rings. The lowest BCUT2D eigenvalue weighted by Crippen LogP contribution is -2.40. The molecule has 0 spiro atoms. The zero-order chi connectivity index (χ0) is 22.8. The first kappa shape index (κ1) is 24.7. The third kappa shape index (κ3) is 7.87. The van der Waals surface area contributed by atoms with Gasteiger partial charge in [0, 0.05) is 6.54 Å². The maximum atomic E-state index is 12.6. The predicted octanol–water partition coefficient (Wildman–Crippen LogP) is 4.98. The Labute approximate surface area is 191 Å². The molecule has 6 heteroatoms. The van der Waals surface area contributed by atoms with Crippen molar-refractivity contribution in [2.45, 2.75) is 53.0 Å². The molecule has 1 atom stereocenters. The van der Waals surface area contributed by atoms with E-state index in [-0.39, 0.29) is 11.8 Å². The van der Waals surface area contributed by atoms with E-state index < -0.39 is 0 Å². The van der Waals surface area contributed by atoms with Crippen molar-refractivity contribution in [2.75, 3.05) is 13.7 Å². The molecule has 0 saturated heterocycles. The van der Waals surface area contributed by atoms with Crippen molar-refractivity contribution in [3.8, 4) is 11.5 Å². The summed E-state index contributed by atoms with van der Waals surface area (Å²) in [6, 6.07) is 14.0. The lowest BCUT2D eigenvalue weighted by molar-refractivity contribution is -0.120. The van der Waals surface area contributed by atoms with Gasteiger partial charge in [-0.2, -0.15) is 0 Å². The number of nitrogens with one attached hydrogen (secondary N) is 2. The Morgan fingerprint density at radius 1 is 1.03 bits per heavy atom. The molecule has 0 aliphatic rings. The summed E-state index contributed by atoms with van der Waals surface area (Å²) in [5, 5.41) is 6.18. The average Bonchev–Trinajstić information content (AvgIpc) is 2.76. The predicted molar refractivity (Wildman–Crippen MR) is 130 cm³/mol. The molecule has 0 bridgehead atoms. The van der Waals surface area contributed by atoms with E-state index in [9.17, 15) is 4.79 Å². The Kier molecular flexibility index (Phi) is 9.79. The molecule has 0 saturated carbocycles. The van der Waals surface area contributed by atoms with E-state index in [1.807, 2.05) is 37.3 Å². The fraction of sp³-hybridized carbons (Fsp3) is 0.440. The van der Waals surface area contributed by atoms with E-state index in [1.54, 1.807) is 7.11 Å². The van der Waals surface area contributed by atoms with Crippen molar-refractivity contribution < 1.29 is 14.3 Å². The van der Waals surface area contributed by atoms with Gasteiger partial charge in [-0.15, -0.1) is 0 Å². The summed E-state index contributed by atoms with van der Waals surface area (Å²) in [5.41, 5.74) is 3.23. The second-order valence-corrected chi connectivity index (χ2v) is 8.48. The van der Waals surface area contributed by atoms with Crippen LogP contribution in [-0.4, -0.2) is 24.7 Å². The molecule has 1 amide bonds. The minimum absolute atomic E-state index is 0.130. The fourth-order valence-corrected chi connectivity index (χ4v) is 3.34. The molecule has 0 aromatic heterocycles. The molecular formula is C25H34N2O3S. The Morgan fingerprint density at radius 2 is 1.71 bits per heavy atom. The molecule has 0 heterocycles. The van der Waals surface area contributed by atoms with Crippen molar-refractivity contribution in [3.63, 3.8) is 0 Å². The van der Waals surface area contributed by atoms with Crippen molar-refractivity contribution in [3.05, 3.63) is 59.2 Å². The van der Waals surface area contributed by atoms with Gasteiger partial charge in [0.05, 0.1) is 19.6 Å². The zero-order valence-electron chi connectivity index (χ0n) is 19.2. The van der Waals surface area contributed by atoms with E-state index >= 15 is 0 Å². The SMILES string of the molecule is CCCOc1ccc(CNC(=S)NC(=O)C(C)c2ccc(CC(C)C)cc2)cc1OC. The number of carbonyl (C=O) groups excluding carboxylic acids is 1. The number of carbonyl (C=O) groups is 1. The van der Waals surface area contributed by atoms with Crippen molar-refractivity contribution >= 4 is 23.2 Å².